The first-order valence-electron chi connectivity index (χ1n) is 8.81. The van der Waals surface area contributed by atoms with Crippen molar-refractivity contribution in [3.8, 4) is 0 Å². The lowest BCUT2D eigenvalue weighted by Crippen LogP contribution is -2.21. The third-order valence-electron chi connectivity index (χ3n) is 3.95. The van der Waals surface area contributed by atoms with Gasteiger partial charge in [-0.25, -0.2) is 4.79 Å². The zero-order valence-electron chi connectivity index (χ0n) is 15.7. The first-order chi connectivity index (χ1) is 14.7. The molecular weight excluding hydrogens is 417 g/mol. The molecule has 0 unspecified atom stereocenters. The van der Waals surface area contributed by atoms with Crippen molar-refractivity contribution in [1.29, 1.82) is 0 Å². The average molecular weight is 432 g/mol. The van der Waals surface area contributed by atoms with Crippen molar-refractivity contribution < 1.29 is 36.7 Å². The number of benzene rings is 2. The van der Waals surface area contributed by atoms with Crippen LogP contribution in [0.3, 0.4) is 0 Å². The maximum absolute atomic E-state index is 12.5. The van der Waals surface area contributed by atoms with Crippen LogP contribution in [0.25, 0.3) is 0 Å². The van der Waals surface area contributed by atoms with E-state index in [0.29, 0.717) is 5.69 Å². The molecule has 0 fully saturated rings. The second kappa shape index (κ2) is 9.16. The molecule has 1 heterocycles. The quantitative estimate of drug-likeness (QED) is 0.565. The van der Waals surface area contributed by atoms with E-state index < -0.39 is 36.1 Å². The van der Waals surface area contributed by atoms with Crippen molar-refractivity contribution >= 4 is 29.2 Å². The van der Waals surface area contributed by atoms with Gasteiger partial charge in [-0.2, -0.15) is 13.2 Å². The summed E-state index contributed by atoms with van der Waals surface area (Å²) < 4.78 is 47.5. The van der Waals surface area contributed by atoms with Crippen LogP contribution in [-0.2, 0) is 15.7 Å². The Kier molecular flexibility index (Phi) is 6.39. The van der Waals surface area contributed by atoms with Crippen molar-refractivity contribution in [3.63, 3.8) is 0 Å². The molecule has 1 aromatic heterocycles. The Bertz CT molecular complexity index is 1060. The largest absolute Gasteiger partial charge is 0.459 e. The van der Waals surface area contributed by atoms with Crippen LogP contribution in [0.15, 0.2) is 71.3 Å². The summed E-state index contributed by atoms with van der Waals surface area (Å²) in [5.74, 6) is -1.83. The molecule has 0 spiro atoms. The molecule has 2 aromatic carbocycles. The van der Waals surface area contributed by atoms with Crippen LogP contribution in [0.2, 0.25) is 0 Å². The van der Waals surface area contributed by atoms with Gasteiger partial charge >= 0.3 is 12.1 Å². The third-order valence-corrected chi connectivity index (χ3v) is 3.95. The molecule has 0 saturated heterocycles. The Morgan fingerprint density at radius 2 is 1.48 bits per heavy atom. The smallest absolute Gasteiger partial charge is 0.416 e. The van der Waals surface area contributed by atoms with E-state index in [1.54, 1.807) is 6.07 Å². The summed E-state index contributed by atoms with van der Waals surface area (Å²) >= 11 is 0. The lowest BCUT2D eigenvalue weighted by molar-refractivity contribution is -0.137. The maximum atomic E-state index is 12.5. The van der Waals surface area contributed by atoms with Gasteiger partial charge in [-0.05, 0) is 60.7 Å². The summed E-state index contributed by atoms with van der Waals surface area (Å²) in [4.78, 5) is 35.8. The minimum absolute atomic E-state index is 0.127. The van der Waals surface area contributed by atoms with Gasteiger partial charge in [-0.1, -0.05) is 0 Å². The number of anilines is 2. The van der Waals surface area contributed by atoms with Gasteiger partial charge in [-0.3, -0.25) is 9.59 Å². The Labute approximate surface area is 173 Å². The summed E-state index contributed by atoms with van der Waals surface area (Å²) in [5, 5.41) is 4.91. The third kappa shape index (κ3) is 5.95. The summed E-state index contributed by atoms with van der Waals surface area (Å²) in [6.45, 7) is -0.628. The number of carbonyl (C=O) groups is 3. The van der Waals surface area contributed by atoms with Gasteiger partial charge in [0.15, 0.2) is 12.4 Å². The second-order valence-corrected chi connectivity index (χ2v) is 6.21. The summed E-state index contributed by atoms with van der Waals surface area (Å²) in [5.41, 5.74) is -0.164. The number of carbonyl (C=O) groups excluding carboxylic acids is 3. The minimum Gasteiger partial charge on any atom is -0.459 e. The second-order valence-electron chi connectivity index (χ2n) is 6.21. The first kappa shape index (κ1) is 21.6. The Morgan fingerprint density at radius 1 is 0.871 bits per heavy atom. The normalized spacial score (nSPS) is 10.9. The van der Waals surface area contributed by atoms with Crippen LogP contribution in [0.5, 0.6) is 0 Å². The van der Waals surface area contributed by atoms with Gasteiger partial charge in [0.1, 0.15) is 0 Å². The van der Waals surface area contributed by atoms with Gasteiger partial charge in [-0.15, -0.1) is 0 Å². The van der Waals surface area contributed by atoms with Crippen molar-refractivity contribution in [3.05, 3.63) is 83.8 Å². The molecule has 0 aliphatic carbocycles. The number of furan rings is 1. The molecule has 0 saturated carbocycles. The molecule has 2 N–H and O–H groups in total. The molecule has 160 valence electrons. The zero-order chi connectivity index (χ0) is 22.4. The maximum Gasteiger partial charge on any atom is 0.416 e. The predicted molar refractivity (Wildman–Crippen MR) is 103 cm³/mol. The lowest BCUT2D eigenvalue weighted by Gasteiger charge is -2.09. The molecule has 0 aliphatic heterocycles. The van der Waals surface area contributed by atoms with Crippen LogP contribution in [0.4, 0.5) is 24.5 Å². The Morgan fingerprint density at radius 3 is 2.06 bits per heavy atom. The van der Waals surface area contributed by atoms with Gasteiger partial charge in [0.05, 0.1) is 17.4 Å². The highest BCUT2D eigenvalue weighted by Gasteiger charge is 2.30. The number of hydrogen-bond acceptors (Lipinski definition) is 5. The SMILES string of the molecule is O=C(COC(=O)c1ccc(NC(=O)c2ccco2)cc1)Nc1ccc(C(F)(F)F)cc1. The first-order valence-corrected chi connectivity index (χ1v) is 8.81. The predicted octanol–water partition coefficient (Wildman–Crippen LogP) is 4.35. The standard InChI is InChI=1S/C21H15F3N2O5/c22-21(23,24)14-5-9-15(10-6-14)25-18(27)12-31-20(29)13-3-7-16(8-4-13)26-19(28)17-2-1-11-30-17/h1-11H,12H2,(H,25,27)(H,26,28). The van der Waals surface area contributed by atoms with Crippen LogP contribution < -0.4 is 10.6 Å². The summed E-state index contributed by atoms with van der Waals surface area (Å²) in [7, 11) is 0. The number of esters is 1. The molecule has 7 nitrogen and oxygen atoms in total. The lowest BCUT2D eigenvalue weighted by atomic mass is 10.2. The fourth-order valence-electron chi connectivity index (χ4n) is 2.44. The van der Waals surface area contributed by atoms with Gasteiger partial charge in [0.25, 0.3) is 11.8 Å². The highest BCUT2D eigenvalue weighted by Crippen LogP contribution is 2.29. The van der Waals surface area contributed by atoms with Gasteiger partial charge in [0.2, 0.25) is 0 Å². The molecule has 0 atom stereocenters. The number of halogens is 3. The molecule has 31 heavy (non-hydrogen) atoms. The van der Waals surface area contributed by atoms with E-state index in [-0.39, 0.29) is 17.0 Å². The highest BCUT2D eigenvalue weighted by atomic mass is 19.4. The van der Waals surface area contributed by atoms with Crippen molar-refractivity contribution in [2.45, 2.75) is 6.18 Å². The number of alkyl halides is 3. The molecule has 0 radical (unpaired) electrons. The Balaban J connectivity index is 1.48. The molecular formula is C21H15F3N2O5. The van der Waals surface area contributed by atoms with E-state index in [0.717, 1.165) is 24.3 Å². The van der Waals surface area contributed by atoms with Crippen LogP contribution in [-0.4, -0.2) is 24.4 Å². The topological polar surface area (TPSA) is 97.6 Å². The van der Waals surface area contributed by atoms with E-state index >= 15 is 0 Å². The van der Waals surface area contributed by atoms with Gasteiger partial charge in [0, 0.05) is 11.4 Å². The van der Waals surface area contributed by atoms with Gasteiger partial charge < -0.3 is 19.8 Å². The number of ether oxygens (including phenoxy) is 1. The average Bonchev–Trinajstić information content (AvgIpc) is 3.27. The fraction of sp³-hybridized carbons (Fsp3) is 0.0952. The monoisotopic (exact) mass is 432 g/mol. The molecule has 0 bridgehead atoms. The Hall–Kier alpha value is -4.08. The van der Waals surface area contributed by atoms with Crippen LogP contribution in [0, 0.1) is 0 Å². The number of rotatable bonds is 6. The van der Waals surface area contributed by atoms with Crippen LogP contribution in [0.1, 0.15) is 26.5 Å². The van der Waals surface area contributed by atoms with E-state index in [4.69, 9.17) is 9.15 Å². The fourth-order valence-corrected chi connectivity index (χ4v) is 2.44. The van der Waals surface area contributed by atoms with Crippen molar-refractivity contribution in [2.75, 3.05) is 17.2 Å². The number of nitrogens with one attached hydrogen (secondary N) is 2. The van der Waals surface area contributed by atoms with Crippen molar-refractivity contribution in [2.24, 2.45) is 0 Å². The molecule has 3 rings (SSSR count). The molecule has 10 heteroatoms. The number of hydrogen-bond donors (Lipinski definition) is 2. The van der Waals surface area contributed by atoms with Crippen LogP contribution >= 0.6 is 0 Å². The van der Waals surface area contributed by atoms with E-state index in [2.05, 4.69) is 10.6 Å². The minimum atomic E-state index is -4.48. The van der Waals surface area contributed by atoms with E-state index in [9.17, 15) is 27.6 Å². The molecule has 0 aliphatic rings. The van der Waals surface area contributed by atoms with Crippen molar-refractivity contribution in [1.82, 2.24) is 0 Å². The summed E-state index contributed by atoms with van der Waals surface area (Å²) in [6, 6.07) is 12.7. The number of amides is 2. The highest BCUT2D eigenvalue weighted by molar-refractivity contribution is 6.02. The summed E-state index contributed by atoms with van der Waals surface area (Å²) in [6.07, 6.45) is -3.11. The molecule has 2 amide bonds. The zero-order valence-corrected chi connectivity index (χ0v) is 15.7. The molecule has 3 aromatic rings. The van der Waals surface area contributed by atoms with E-state index in [1.807, 2.05) is 0 Å². The van der Waals surface area contributed by atoms with E-state index in [1.165, 1.54) is 36.6 Å².